The minimum absolute atomic E-state index is 0.229. The van der Waals surface area contributed by atoms with Gasteiger partial charge in [0.1, 0.15) is 0 Å². The first kappa shape index (κ1) is 12.0. The van der Waals surface area contributed by atoms with Gasteiger partial charge in [0, 0.05) is 31.8 Å². The van der Waals surface area contributed by atoms with Crippen molar-refractivity contribution in [3.05, 3.63) is 0 Å². The number of nitrogens with two attached hydrogens (primary N) is 1. The zero-order valence-corrected chi connectivity index (χ0v) is 9.51. The van der Waals surface area contributed by atoms with Crippen molar-refractivity contribution >= 4 is 0 Å². The predicted molar refractivity (Wildman–Crippen MR) is 59.3 cm³/mol. The molecule has 0 amide bonds. The molecule has 3 nitrogen and oxygen atoms in total. The second-order valence-electron chi connectivity index (χ2n) is 4.69. The van der Waals surface area contributed by atoms with Gasteiger partial charge in [-0.1, -0.05) is 12.8 Å². The molecule has 0 saturated heterocycles. The molecule has 1 fully saturated rings. The summed E-state index contributed by atoms with van der Waals surface area (Å²) in [6.07, 6.45) is 6.25. The van der Waals surface area contributed by atoms with Crippen molar-refractivity contribution in [1.29, 1.82) is 0 Å². The van der Waals surface area contributed by atoms with Crippen molar-refractivity contribution in [3.8, 4) is 0 Å². The molecule has 1 rings (SSSR count). The highest BCUT2D eigenvalue weighted by Gasteiger charge is 2.27. The molecule has 0 aromatic heterocycles. The molecule has 1 unspecified atom stereocenters. The van der Waals surface area contributed by atoms with E-state index in [1.807, 2.05) is 0 Å². The average molecular weight is 200 g/mol. The number of rotatable bonds is 6. The van der Waals surface area contributed by atoms with Crippen molar-refractivity contribution < 1.29 is 4.74 Å². The molecule has 14 heavy (non-hydrogen) atoms. The van der Waals surface area contributed by atoms with Gasteiger partial charge in [-0.25, -0.2) is 0 Å². The fourth-order valence-corrected chi connectivity index (χ4v) is 2.08. The summed E-state index contributed by atoms with van der Waals surface area (Å²) in [7, 11) is 1.72. The Morgan fingerprint density at radius 1 is 1.43 bits per heavy atom. The van der Waals surface area contributed by atoms with Crippen LogP contribution >= 0.6 is 0 Å². The summed E-state index contributed by atoms with van der Waals surface area (Å²) in [6.45, 7) is 3.99. The highest BCUT2D eigenvalue weighted by atomic mass is 16.5. The minimum atomic E-state index is 0.229. The molecule has 1 aliphatic carbocycles. The highest BCUT2D eigenvalue weighted by molar-refractivity contribution is 4.89. The van der Waals surface area contributed by atoms with Gasteiger partial charge in [0.15, 0.2) is 0 Å². The van der Waals surface area contributed by atoms with Crippen LogP contribution in [0.3, 0.4) is 0 Å². The van der Waals surface area contributed by atoms with Crippen LogP contribution in [0.15, 0.2) is 0 Å². The smallest absolute Gasteiger partial charge is 0.0477 e. The van der Waals surface area contributed by atoms with Gasteiger partial charge in [0.2, 0.25) is 0 Å². The van der Waals surface area contributed by atoms with Crippen LogP contribution in [0.25, 0.3) is 0 Å². The maximum Gasteiger partial charge on any atom is 0.0477 e. The van der Waals surface area contributed by atoms with Gasteiger partial charge in [-0.15, -0.1) is 0 Å². The quantitative estimate of drug-likeness (QED) is 0.679. The lowest BCUT2D eigenvalue weighted by Crippen LogP contribution is -2.46. The lowest BCUT2D eigenvalue weighted by molar-refractivity contribution is 0.185. The molecule has 0 aliphatic heterocycles. The highest BCUT2D eigenvalue weighted by Crippen LogP contribution is 2.28. The molecule has 1 atom stereocenters. The Labute approximate surface area is 87.4 Å². The molecule has 0 bridgehead atoms. The number of nitrogens with one attached hydrogen (secondary N) is 1. The summed E-state index contributed by atoms with van der Waals surface area (Å²) in [6, 6.07) is 0.229. The Balaban J connectivity index is 2.12. The number of hydrogen-bond acceptors (Lipinski definition) is 3. The lowest BCUT2D eigenvalue weighted by atomic mass is 10.0. The van der Waals surface area contributed by atoms with Crippen LogP contribution in [-0.2, 0) is 4.74 Å². The minimum Gasteiger partial charge on any atom is -0.385 e. The molecule has 1 saturated carbocycles. The van der Waals surface area contributed by atoms with E-state index in [1.165, 1.54) is 25.7 Å². The third-order valence-electron chi connectivity index (χ3n) is 3.19. The van der Waals surface area contributed by atoms with Crippen LogP contribution in [0.2, 0.25) is 0 Å². The van der Waals surface area contributed by atoms with E-state index in [0.29, 0.717) is 5.54 Å². The standard InChI is InChI=1S/C11H24N2O/c1-11(6-3-4-7-11)13-9-10(12)5-8-14-2/h10,13H,3-9,12H2,1-2H3. The zero-order chi connectivity index (χ0) is 10.4. The Kier molecular flexibility index (Phi) is 4.85. The lowest BCUT2D eigenvalue weighted by Gasteiger charge is -2.27. The number of hydrogen-bond donors (Lipinski definition) is 2. The fraction of sp³-hybridized carbons (Fsp3) is 1.00. The first-order chi connectivity index (χ1) is 6.66. The van der Waals surface area contributed by atoms with E-state index in [0.717, 1.165) is 19.6 Å². The number of methoxy groups -OCH3 is 1. The van der Waals surface area contributed by atoms with Gasteiger partial charge in [-0.2, -0.15) is 0 Å². The second kappa shape index (κ2) is 5.69. The van der Waals surface area contributed by atoms with E-state index in [2.05, 4.69) is 12.2 Å². The summed E-state index contributed by atoms with van der Waals surface area (Å²) in [5.74, 6) is 0. The van der Waals surface area contributed by atoms with Gasteiger partial charge in [-0.3, -0.25) is 0 Å². The van der Waals surface area contributed by atoms with Crippen molar-refractivity contribution in [2.75, 3.05) is 20.3 Å². The van der Waals surface area contributed by atoms with E-state index in [-0.39, 0.29) is 6.04 Å². The van der Waals surface area contributed by atoms with Gasteiger partial charge < -0.3 is 15.8 Å². The van der Waals surface area contributed by atoms with E-state index in [9.17, 15) is 0 Å². The van der Waals surface area contributed by atoms with Gasteiger partial charge in [0.25, 0.3) is 0 Å². The monoisotopic (exact) mass is 200 g/mol. The van der Waals surface area contributed by atoms with Crippen LogP contribution in [0.4, 0.5) is 0 Å². The Bertz CT molecular complexity index is 155. The molecule has 0 heterocycles. The van der Waals surface area contributed by atoms with Crippen molar-refractivity contribution in [1.82, 2.24) is 5.32 Å². The molecular formula is C11H24N2O. The molecule has 3 N–H and O–H groups in total. The van der Waals surface area contributed by atoms with Crippen molar-refractivity contribution in [2.24, 2.45) is 5.73 Å². The molecule has 0 aromatic rings. The second-order valence-corrected chi connectivity index (χ2v) is 4.69. The largest absolute Gasteiger partial charge is 0.385 e. The Morgan fingerprint density at radius 3 is 2.64 bits per heavy atom. The predicted octanol–water partition coefficient (Wildman–Crippen LogP) is 1.27. The number of ether oxygens (including phenoxy) is 1. The molecule has 3 heteroatoms. The molecule has 0 radical (unpaired) electrons. The summed E-state index contributed by atoms with van der Waals surface area (Å²) < 4.78 is 5.00. The van der Waals surface area contributed by atoms with Crippen LogP contribution in [0.1, 0.15) is 39.0 Å². The van der Waals surface area contributed by atoms with E-state index in [4.69, 9.17) is 10.5 Å². The maximum atomic E-state index is 5.95. The fourth-order valence-electron chi connectivity index (χ4n) is 2.08. The van der Waals surface area contributed by atoms with Crippen molar-refractivity contribution in [2.45, 2.75) is 50.6 Å². The van der Waals surface area contributed by atoms with E-state index >= 15 is 0 Å². The average Bonchev–Trinajstić information content (AvgIpc) is 2.60. The van der Waals surface area contributed by atoms with Crippen LogP contribution in [-0.4, -0.2) is 31.8 Å². The summed E-state index contributed by atoms with van der Waals surface area (Å²) in [5, 5.41) is 3.59. The molecule has 1 aliphatic rings. The molecule has 0 spiro atoms. The van der Waals surface area contributed by atoms with E-state index in [1.54, 1.807) is 7.11 Å². The van der Waals surface area contributed by atoms with Crippen LogP contribution in [0, 0.1) is 0 Å². The normalized spacial score (nSPS) is 22.5. The van der Waals surface area contributed by atoms with Gasteiger partial charge >= 0.3 is 0 Å². The molecular weight excluding hydrogens is 176 g/mol. The van der Waals surface area contributed by atoms with E-state index < -0.39 is 0 Å². The summed E-state index contributed by atoms with van der Waals surface area (Å²) in [4.78, 5) is 0. The van der Waals surface area contributed by atoms with Crippen LogP contribution in [0.5, 0.6) is 0 Å². The van der Waals surface area contributed by atoms with Gasteiger partial charge in [-0.05, 0) is 26.2 Å². The zero-order valence-electron chi connectivity index (χ0n) is 9.51. The summed E-state index contributed by atoms with van der Waals surface area (Å²) in [5.41, 5.74) is 6.31. The first-order valence-corrected chi connectivity index (χ1v) is 5.66. The molecule has 0 aromatic carbocycles. The Hall–Kier alpha value is -0.120. The molecule has 84 valence electrons. The summed E-state index contributed by atoms with van der Waals surface area (Å²) >= 11 is 0. The maximum absolute atomic E-state index is 5.95. The first-order valence-electron chi connectivity index (χ1n) is 5.66. The third-order valence-corrected chi connectivity index (χ3v) is 3.19. The van der Waals surface area contributed by atoms with Crippen LogP contribution < -0.4 is 11.1 Å². The topological polar surface area (TPSA) is 47.3 Å². The third kappa shape index (κ3) is 3.95. The van der Waals surface area contributed by atoms with Crippen molar-refractivity contribution in [3.63, 3.8) is 0 Å². The SMILES string of the molecule is COCCC(N)CNC1(C)CCCC1. The van der Waals surface area contributed by atoms with Gasteiger partial charge in [0.05, 0.1) is 0 Å². The Morgan fingerprint density at radius 2 is 2.07 bits per heavy atom.